The molecule has 0 radical (unpaired) electrons. The Bertz CT molecular complexity index is 371. The van der Waals surface area contributed by atoms with Crippen molar-refractivity contribution in [1.29, 1.82) is 0 Å². The largest absolute Gasteiger partial charge is 0.330 e. The Labute approximate surface area is 122 Å². The van der Waals surface area contributed by atoms with Crippen LogP contribution in [0.4, 0.5) is 0 Å². The van der Waals surface area contributed by atoms with E-state index in [0.717, 1.165) is 11.8 Å². The van der Waals surface area contributed by atoms with Gasteiger partial charge in [-0.25, -0.2) is 0 Å². The second kappa shape index (κ2) is 7.35. The number of nitrogens with two attached hydrogens (primary N) is 1. The molecule has 2 heteroatoms. The van der Waals surface area contributed by atoms with E-state index in [-0.39, 0.29) is 0 Å². The molecule has 0 amide bonds. The van der Waals surface area contributed by atoms with Crippen LogP contribution in [0.3, 0.4) is 0 Å². The first kappa shape index (κ1) is 14.9. The summed E-state index contributed by atoms with van der Waals surface area (Å²) >= 11 is 2.05. The Kier molecular flexibility index (Phi) is 5.77. The third-order valence-electron chi connectivity index (χ3n) is 4.23. The van der Waals surface area contributed by atoms with Gasteiger partial charge in [0.2, 0.25) is 0 Å². The minimum absolute atomic E-state index is 0.619. The zero-order valence-electron chi connectivity index (χ0n) is 12.3. The fourth-order valence-corrected chi connectivity index (χ4v) is 4.25. The van der Waals surface area contributed by atoms with Gasteiger partial charge in [-0.05, 0) is 48.9 Å². The smallest absolute Gasteiger partial charge is 0.0135 e. The van der Waals surface area contributed by atoms with E-state index in [1.807, 2.05) is 0 Å². The Hall–Kier alpha value is -0.470. The van der Waals surface area contributed by atoms with Crippen molar-refractivity contribution in [3.63, 3.8) is 0 Å². The zero-order valence-corrected chi connectivity index (χ0v) is 13.1. The minimum atomic E-state index is 0.619. The van der Waals surface area contributed by atoms with E-state index in [2.05, 4.69) is 49.9 Å². The van der Waals surface area contributed by atoms with Gasteiger partial charge in [-0.2, -0.15) is 0 Å². The van der Waals surface area contributed by atoms with Gasteiger partial charge in [0.25, 0.3) is 0 Å². The molecular formula is C17H27NS. The summed E-state index contributed by atoms with van der Waals surface area (Å²) in [4.78, 5) is 1.41. The van der Waals surface area contributed by atoms with Gasteiger partial charge in [0.15, 0.2) is 0 Å². The van der Waals surface area contributed by atoms with Crippen molar-refractivity contribution in [1.82, 2.24) is 0 Å². The third-order valence-corrected chi connectivity index (χ3v) is 5.69. The van der Waals surface area contributed by atoms with E-state index >= 15 is 0 Å². The van der Waals surface area contributed by atoms with Crippen molar-refractivity contribution in [3.8, 4) is 0 Å². The van der Waals surface area contributed by atoms with Crippen LogP contribution >= 0.6 is 11.8 Å². The maximum Gasteiger partial charge on any atom is 0.0135 e. The number of rotatable bonds is 4. The summed E-state index contributed by atoms with van der Waals surface area (Å²) in [6.07, 6.45) is 6.78. The molecule has 2 atom stereocenters. The average molecular weight is 277 g/mol. The second-order valence-corrected chi connectivity index (χ2v) is 7.33. The van der Waals surface area contributed by atoms with E-state index in [1.54, 1.807) is 0 Å². The summed E-state index contributed by atoms with van der Waals surface area (Å²) in [5.41, 5.74) is 7.40. The molecule has 19 heavy (non-hydrogen) atoms. The van der Waals surface area contributed by atoms with Crippen LogP contribution in [0.5, 0.6) is 0 Å². The molecule has 0 saturated heterocycles. The highest BCUT2D eigenvalue weighted by atomic mass is 32.2. The number of benzene rings is 1. The molecule has 1 aliphatic carbocycles. The van der Waals surface area contributed by atoms with E-state index in [1.165, 1.54) is 42.6 Å². The van der Waals surface area contributed by atoms with Crippen LogP contribution in [0, 0.1) is 5.92 Å². The molecule has 1 nitrogen and oxygen atoms in total. The average Bonchev–Trinajstić information content (AvgIpc) is 2.64. The minimum Gasteiger partial charge on any atom is -0.330 e. The van der Waals surface area contributed by atoms with Crippen molar-refractivity contribution in [2.24, 2.45) is 11.7 Å². The lowest BCUT2D eigenvalue weighted by Crippen LogP contribution is -2.24. The van der Waals surface area contributed by atoms with Gasteiger partial charge in [0.1, 0.15) is 0 Å². The van der Waals surface area contributed by atoms with Crippen LogP contribution in [-0.2, 0) is 0 Å². The standard InChI is InChI=1S/C17H27NS/c1-13(2)14-8-10-16(11-9-14)19-17-7-5-3-4-6-15(17)12-18/h8-11,13,15,17H,3-7,12,18H2,1-2H3. The Morgan fingerprint density at radius 3 is 2.42 bits per heavy atom. The first-order valence-electron chi connectivity index (χ1n) is 7.67. The lowest BCUT2D eigenvalue weighted by Gasteiger charge is -2.23. The highest BCUT2D eigenvalue weighted by molar-refractivity contribution is 8.00. The van der Waals surface area contributed by atoms with Gasteiger partial charge < -0.3 is 5.73 Å². The van der Waals surface area contributed by atoms with Crippen LogP contribution in [0.15, 0.2) is 29.2 Å². The molecule has 0 spiro atoms. The Morgan fingerprint density at radius 2 is 1.79 bits per heavy atom. The molecule has 2 N–H and O–H groups in total. The van der Waals surface area contributed by atoms with Gasteiger partial charge in [-0.1, -0.05) is 45.2 Å². The normalized spacial score (nSPS) is 24.4. The lowest BCUT2D eigenvalue weighted by molar-refractivity contribution is 0.483. The van der Waals surface area contributed by atoms with E-state index in [9.17, 15) is 0 Å². The molecule has 0 heterocycles. The molecule has 2 rings (SSSR count). The van der Waals surface area contributed by atoms with Crippen molar-refractivity contribution in [2.45, 2.75) is 62.0 Å². The van der Waals surface area contributed by atoms with Crippen LogP contribution in [0.25, 0.3) is 0 Å². The van der Waals surface area contributed by atoms with Crippen LogP contribution in [0.1, 0.15) is 57.4 Å². The van der Waals surface area contributed by atoms with Crippen LogP contribution in [0.2, 0.25) is 0 Å². The molecular weight excluding hydrogens is 250 g/mol. The van der Waals surface area contributed by atoms with Gasteiger partial charge in [-0.3, -0.25) is 0 Å². The fourth-order valence-electron chi connectivity index (χ4n) is 2.88. The molecule has 1 aromatic rings. The molecule has 0 aliphatic heterocycles. The molecule has 1 aliphatic rings. The van der Waals surface area contributed by atoms with Gasteiger partial charge in [0.05, 0.1) is 0 Å². The van der Waals surface area contributed by atoms with Crippen molar-refractivity contribution in [3.05, 3.63) is 29.8 Å². The predicted octanol–water partition coefficient (Wildman–Crippen LogP) is 4.81. The van der Waals surface area contributed by atoms with Gasteiger partial charge in [0, 0.05) is 10.1 Å². The van der Waals surface area contributed by atoms with E-state index in [4.69, 9.17) is 5.73 Å². The van der Waals surface area contributed by atoms with Crippen molar-refractivity contribution < 1.29 is 0 Å². The van der Waals surface area contributed by atoms with Crippen molar-refractivity contribution in [2.75, 3.05) is 6.54 Å². The molecule has 2 unspecified atom stereocenters. The summed E-state index contributed by atoms with van der Waals surface area (Å²) in [7, 11) is 0. The summed E-state index contributed by atoms with van der Waals surface area (Å²) < 4.78 is 0. The topological polar surface area (TPSA) is 26.0 Å². The number of hydrogen-bond acceptors (Lipinski definition) is 2. The molecule has 1 aromatic carbocycles. The zero-order chi connectivity index (χ0) is 13.7. The van der Waals surface area contributed by atoms with Gasteiger partial charge in [-0.15, -0.1) is 11.8 Å². The maximum absolute atomic E-state index is 5.97. The third kappa shape index (κ3) is 4.25. The monoisotopic (exact) mass is 277 g/mol. The summed E-state index contributed by atoms with van der Waals surface area (Å²) in [6.45, 7) is 5.34. The Balaban J connectivity index is 2.01. The second-order valence-electron chi connectivity index (χ2n) is 6.01. The van der Waals surface area contributed by atoms with Gasteiger partial charge >= 0.3 is 0 Å². The molecule has 0 bridgehead atoms. The van der Waals surface area contributed by atoms with E-state index < -0.39 is 0 Å². The molecule has 1 fully saturated rings. The predicted molar refractivity (Wildman–Crippen MR) is 85.8 cm³/mol. The summed E-state index contributed by atoms with van der Waals surface area (Å²) in [5.74, 6) is 1.32. The van der Waals surface area contributed by atoms with Crippen LogP contribution in [-0.4, -0.2) is 11.8 Å². The quantitative estimate of drug-likeness (QED) is 0.799. The molecule has 106 valence electrons. The number of hydrogen-bond donors (Lipinski definition) is 1. The summed E-state index contributed by atoms with van der Waals surface area (Å²) in [5, 5.41) is 0.720. The first-order chi connectivity index (χ1) is 9.20. The van der Waals surface area contributed by atoms with Crippen LogP contribution < -0.4 is 5.73 Å². The number of thioether (sulfide) groups is 1. The molecule has 1 saturated carbocycles. The fraction of sp³-hybridized carbons (Fsp3) is 0.647. The maximum atomic E-state index is 5.97. The lowest BCUT2D eigenvalue weighted by atomic mass is 10.0. The first-order valence-corrected chi connectivity index (χ1v) is 8.55. The Morgan fingerprint density at radius 1 is 1.11 bits per heavy atom. The highest BCUT2D eigenvalue weighted by Crippen LogP contribution is 2.36. The summed E-state index contributed by atoms with van der Waals surface area (Å²) in [6, 6.07) is 9.14. The van der Waals surface area contributed by atoms with E-state index in [0.29, 0.717) is 11.8 Å². The SMILES string of the molecule is CC(C)c1ccc(SC2CCCCCC2CN)cc1. The highest BCUT2D eigenvalue weighted by Gasteiger charge is 2.23. The molecule has 0 aromatic heterocycles. The van der Waals surface area contributed by atoms with Crippen molar-refractivity contribution >= 4 is 11.8 Å².